The standard InChI is InChI=1S/C19H22NO4S2/c1-20(2)12-9-13(11-14(20)15(21)10-12)24-18(22)19(23,16-5-3-7-25-16)17-6-4-8-26-17/h3-8,12-14,23H,9-11H2,1-2H3/q+1/t12?,13-,14-/m0/s1. The van der Waals surface area contributed by atoms with Gasteiger partial charge in [0.15, 0.2) is 11.8 Å². The zero-order chi connectivity index (χ0) is 18.5. The highest BCUT2D eigenvalue weighted by atomic mass is 32.1. The van der Waals surface area contributed by atoms with Crippen LogP contribution in [0.15, 0.2) is 35.0 Å². The molecule has 2 aromatic heterocycles. The molecule has 3 atom stereocenters. The van der Waals surface area contributed by atoms with E-state index in [0.717, 1.165) is 0 Å². The average Bonchev–Trinajstić information content (AvgIpc) is 3.31. The number of quaternary nitrogens is 1. The van der Waals surface area contributed by atoms with Gasteiger partial charge in [-0.1, -0.05) is 12.1 Å². The van der Waals surface area contributed by atoms with Gasteiger partial charge < -0.3 is 14.3 Å². The summed E-state index contributed by atoms with van der Waals surface area (Å²) >= 11 is 2.66. The summed E-state index contributed by atoms with van der Waals surface area (Å²) in [7, 11) is 4.15. The molecule has 1 N–H and O–H groups in total. The Bertz CT molecular complexity index is 778. The van der Waals surface area contributed by atoms with E-state index < -0.39 is 11.6 Å². The van der Waals surface area contributed by atoms with Gasteiger partial charge in [0.2, 0.25) is 5.60 Å². The van der Waals surface area contributed by atoms with Crippen molar-refractivity contribution in [1.82, 2.24) is 0 Å². The van der Waals surface area contributed by atoms with E-state index in [2.05, 4.69) is 14.1 Å². The van der Waals surface area contributed by atoms with Crippen LogP contribution in [0.1, 0.15) is 29.0 Å². The van der Waals surface area contributed by atoms with Crippen molar-refractivity contribution in [3.8, 4) is 0 Å². The molecule has 2 saturated heterocycles. The number of esters is 1. The Morgan fingerprint density at radius 2 is 1.81 bits per heavy atom. The second-order valence-corrected chi connectivity index (χ2v) is 9.53. The second kappa shape index (κ2) is 6.27. The predicted octanol–water partition coefficient (Wildman–Crippen LogP) is 2.54. The highest BCUT2D eigenvalue weighted by Gasteiger charge is 2.56. The molecule has 0 amide bonds. The fraction of sp³-hybridized carbons (Fsp3) is 0.474. The fourth-order valence-electron chi connectivity index (χ4n) is 4.26. The maximum Gasteiger partial charge on any atom is 0.349 e. The van der Waals surface area contributed by atoms with Crippen molar-refractivity contribution < 1.29 is 23.9 Å². The number of thiophene rings is 2. The third-order valence-corrected chi connectivity index (χ3v) is 7.86. The summed E-state index contributed by atoms with van der Waals surface area (Å²) in [5.41, 5.74) is -1.78. The van der Waals surface area contributed by atoms with Crippen LogP contribution in [0.2, 0.25) is 0 Å². The molecule has 26 heavy (non-hydrogen) atoms. The Balaban J connectivity index is 1.58. The lowest BCUT2D eigenvalue weighted by Crippen LogP contribution is -2.57. The number of hydrogen-bond acceptors (Lipinski definition) is 6. The van der Waals surface area contributed by atoms with Crippen LogP contribution in [-0.2, 0) is 19.9 Å². The Morgan fingerprint density at radius 3 is 2.31 bits per heavy atom. The first-order chi connectivity index (χ1) is 12.3. The number of piperidine rings is 1. The number of carbonyl (C=O) groups excluding carboxylic acids is 2. The van der Waals surface area contributed by atoms with Gasteiger partial charge in [-0.2, -0.15) is 0 Å². The molecule has 4 rings (SSSR count). The quantitative estimate of drug-likeness (QED) is 0.642. The van der Waals surface area contributed by atoms with Gasteiger partial charge in [-0.15, -0.1) is 22.7 Å². The van der Waals surface area contributed by atoms with Gasteiger partial charge in [0.1, 0.15) is 6.10 Å². The number of likely N-dealkylation sites (N-methyl/N-ethyl adjacent to an activating group) is 1. The van der Waals surface area contributed by atoms with Gasteiger partial charge in [0.05, 0.1) is 36.3 Å². The molecule has 0 spiro atoms. The zero-order valence-electron chi connectivity index (χ0n) is 14.8. The first kappa shape index (κ1) is 17.9. The molecule has 0 aliphatic carbocycles. The van der Waals surface area contributed by atoms with Crippen LogP contribution in [0, 0.1) is 0 Å². The van der Waals surface area contributed by atoms with Crippen molar-refractivity contribution in [1.29, 1.82) is 0 Å². The topological polar surface area (TPSA) is 63.6 Å². The van der Waals surface area contributed by atoms with Crippen molar-refractivity contribution in [3.05, 3.63) is 44.8 Å². The minimum atomic E-state index is -1.78. The van der Waals surface area contributed by atoms with Gasteiger partial charge in [0.25, 0.3) is 0 Å². The lowest BCUT2D eigenvalue weighted by Gasteiger charge is -2.43. The summed E-state index contributed by atoms with van der Waals surface area (Å²) < 4.78 is 6.46. The number of aliphatic hydroxyl groups is 1. The highest BCUT2D eigenvalue weighted by Crippen LogP contribution is 2.41. The summed E-state index contributed by atoms with van der Waals surface area (Å²) in [6, 6.07) is 7.18. The maximum absolute atomic E-state index is 13.1. The number of rotatable bonds is 4. The monoisotopic (exact) mass is 392 g/mol. The molecule has 2 fully saturated rings. The van der Waals surface area contributed by atoms with Crippen molar-refractivity contribution >= 4 is 34.4 Å². The number of Topliss-reactive ketones (excluding diaryl/α,β-unsaturated/α-hetero) is 1. The average molecular weight is 393 g/mol. The van der Waals surface area contributed by atoms with Crippen LogP contribution >= 0.6 is 22.7 Å². The first-order valence-electron chi connectivity index (χ1n) is 8.71. The molecule has 2 aliphatic heterocycles. The zero-order valence-corrected chi connectivity index (χ0v) is 16.4. The van der Waals surface area contributed by atoms with Gasteiger partial charge in [-0.3, -0.25) is 4.79 Å². The molecule has 5 nitrogen and oxygen atoms in total. The van der Waals surface area contributed by atoms with Crippen LogP contribution < -0.4 is 0 Å². The van der Waals surface area contributed by atoms with E-state index in [1.54, 1.807) is 12.1 Å². The van der Waals surface area contributed by atoms with Crippen LogP contribution in [0.3, 0.4) is 0 Å². The van der Waals surface area contributed by atoms with Crippen molar-refractivity contribution in [2.45, 2.75) is 43.1 Å². The van der Waals surface area contributed by atoms with Gasteiger partial charge in [-0.05, 0) is 22.9 Å². The first-order valence-corrected chi connectivity index (χ1v) is 10.5. The molecule has 0 aromatic carbocycles. The summed E-state index contributed by atoms with van der Waals surface area (Å²) in [6.45, 7) is 0. The van der Waals surface area contributed by atoms with Crippen LogP contribution in [0.4, 0.5) is 0 Å². The summed E-state index contributed by atoms with van der Waals surface area (Å²) in [5.74, 6) is -0.392. The summed E-state index contributed by atoms with van der Waals surface area (Å²) in [5, 5.41) is 15.0. The molecule has 2 aliphatic rings. The lowest BCUT2D eigenvalue weighted by atomic mass is 9.96. The maximum atomic E-state index is 13.1. The predicted molar refractivity (Wildman–Crippen MR) is 100 cm³/mol. The van der Waals surface area contributed by atoms with Crippen molar-refractivity contribution in [2.24, 2.45) is 0 Å². The Labute approximate surface area is 160 Å². The van der Waals surface area contributed by atoms with E-state index in [9.17, 15) is 14.7 Å². The SMILES string of the molecule is C[N+]1(C)C2CC(=O)[C@@H]1C[C@@H](OC(=O)C(O)(c1cccs1)c1cccs1)C2. The molecule has 0 radical (unpaired) electrons. The number of hydrogen-bond donors (Lipinski definition) is 1. The molecule has 138 valence electrons. The molecule has 1 unspecified atom stereocenters. The smallest absolute Gasteiger partial charge is 0.349 e. The molecular formula is C19H22NO4S2+. The van der Waals surface area contributed by atoms with E-state index >= 15 is 0 Å². The Kier molecular flexibility index (Phi) is 4.30. The Morgan fingerprint density at radius 1 is 1.19 bits per heavy atom. The molecule has 2 bridgehead atoms. The molecular weight excluding hydrogens is 370 g/mol. The van der Waals surface area contributed by atoms with E-state index in [1.807, 2.05) is 22.9 Å². The minimum Gasteiger partial charge on any atom is -0.459 e. The van der Waals surface area contributed by atoms with Crippen LogP contribution in [-0.4, -0.2) is 53.6 Å². The number of ether oxygens (including phenoxy) is 1. The normalized spacial score (nSPS) is 27.5. The third-order valence-electron chi connectivity index (χ3n) is 5.90. The van der Waals surface area contributed by atoms with Gasteiger partial charge in [0, 0.05) is 12.8 Å². The van der Waals surface area contributed by atoms with Gasteiger partial charge >= 0.3 is 5.97 Å². The van der Waals surface area contributed by atoms with Crippen LogP contribution in [0.5, 0.6) is 0 Å². The number of nitrogens with zero attached hydrogens (tertiary/aromatic N) is 1. The minimum absolute atomic E-state index is 0.122. The lowest BCUT2D eigenvalue weighted by molar-refractivity contribution is -0.927. The molecule has 7 heteroatoms. The van der Waals surface area contributed by atoms with Crippen LogP contribution in [0.25, 0.3) is 0 Å². The Hall–Kier alpha value is -1.54. The molecule has 0 saturated carbocycles. The van der Waals surface area contributed by atoms with Crippen molar-refractivity contribution in [3.63, 3.8) is 0 Å². The number of ketones is 1. The second-order valence-electron chi connectivity index (χ2n) is 7.63. The highest BCUT2D eigenvalue weighted by molar-refractivity contribution is 7.12. The van der Waals surface area contributed by atoms with E-state index in [-0.39, 0.29) is 24.0 Å². The van der Waals surface area contributed by atoms with Crippen molar-refractivity contribution in [2.75, 3.05) is 14.1 Å². The van der Waals surface area contributed by atoms with E-state index in [0.29, 0.717) is 33.5 Å². The number of fused-ring (bicyclic) bond motifs is 2. The largest absolute Gasteiger partial charge is 0.459 e. The summed E-state index contributed by atoms with van der Waals surface area (Å²) in [6.07, 6.45) is 1.40. The number of carbonyl (C=O) groups is 2. The summed E-state index contributed by atoms with van der Waals surface area (Å²) in [4.78, 5) is 26.4. The van der Waals surface area contributed by atoms with E-state index in [4.69, 9.17) is 4.74 Å². The molecule has 4 heterocycles. The van der Waals surface area contributed by atoms with E-state index in [1.165, 1.54) is 22.7 Å². The fourth-order valence-corrected chi connectivity index (χ4v) is 5.97. The third kappa shape index (κ3) is 2.65. The van der Waals surface area contributed by atoms with Gasteiger partial charge in [-0.25, -0.2) is 4.79 Å². The molecule has 2 aromatic rings.